The highest BCUT2D eigenvalue weighted by molar-refractivity contribution is 5.93. The fourth-order valence-electron chi connectivity index (χ4n) is 3.63. The summed E-state index contributed by atoms with van der Waals surface area (Å²) in [6, 6.07) is 4.92. The van der Waals surface area contributed by atoms with Crippen molar-refractivity contribution in [3.63, 3.8) is 0 Å². The monoisotopic (exact) mass is 385 g/mol. The van der Waals surface area contributed by atoms with Gasteiger partial charge in [0.1, 0.15) is 0 Å². The van der Waals surface area contributed by atoms with Crippen LogP contribution in [0.15, 0.2) is 29.4 Å². The molecule has 1 aliphatic carbocycles. The second-order valence-electron chi connectivity index (χ2n) is 6.77. The predicted octanol–water partition coefficient (Wildman–Crippen LogP) is 3.17. The largest absolute Gasteiger partial charge is 0.439 e. The van der Waals surface area contributed by atoms with Crippen LogP contribution in [0.25, 0.3) is 0 Å². The molecular formula is C17H18F3N3O4. The lowest BCUT2D eigenvalue weighted by molar-refractivity contribution is -0.384. The number of hydrazone groups is 1. The van der Waals surface area contributed by atoms with Crippen LogP contribution in [0.5, 0.6) is 0 Å². The first kappa shape index (κ1) is 19.3. The van der Waals surface area contributed by atoms with Crippen molar-refractivity contribution in [1.82, 2.24) is 5.01 Å². The smallest absolute Gasteiger partial charge is 0.362 e. The summed E-state index contributed by atoms with van der Waals surface area (Å²) in [4.78, 5) is 22.6. The summed E-state index contributed by atoms with van der Waals surface area (Å²) in [7, 11) is 0. The van der Waals surface area contributed by atoms with Crippen LogP contribution in [0.1, 0.15) is 37.7 Å². The molecule has 0 saturated heterocycles. The van der Waals surface area contributed by atoms with Gasteiger partial charge in [-0.1, -0.05) is 25.0 Å². The minimum Gasteiger partial charge on any atom is -0.362 e. The molecule has 0 aromatic heterocycles. The molecule has 2 atom stereocenters. The second kappa shape index (κ2) is 6.91. The number of carbonyl (C=O) groups is 1. The molecule has 1 saturated carbocycles. The number of amides is 1. The number of fused-ring (bicyclic) bond motifs is 1. The number of rotatable bonds is 3. The third-order valence-corrected chi connectivity index (χ3v) is 5.02. The molecular weight excluding hydrogens is 367 g/mol. The number of nitro benzene ring substituents is 1. The average Bonchev–Trinajstić information content (AvgIpc) is 2.75. The van der Waals surface area contributed by atoms with Crippen molar-refractivity contribution in [3.8, 4) is 0 Å². The van der Waals surface area contributed by atoms with Gasteiger partial charge in [0.25, 0.3) is 11.4 Å². The number of hydrogen-bond donors (Lipinski definition) is 1. The van der Waals surface area contributed by atoms with Gasteiger partial charge in [0.15, 0.2) is 0 Å². The van der Waals surface area contributed by atoms with Gasteiger partial charge in [0.05, 0.1) is 17.3 Å². The molecule has 0 unspecified atom stereocenters. The molecule has 0 spiro atoms. The third-order valence-electron chi connectivity index (χ3n) is 5.02. The van der Waals surface area contributed by atoms with E-state index in [2.05, 4.69) is 5.10 Å². The van der Waals surface area contributed by atoms with Gasteiger partial charge in [-0.3, -0.25) is 14.9 Å². The Kier molecular flexibility index (Phi) is 4.94. The molecule has 1 fully saturated rings. The van der Waals surface area contributed by atoms with E-state index in [9.17, 15) is 33.2 Å². The maximum Gasteiger partial charge on any atom is 0.439 e. The Labute approximate surface area is 152 Å². The molecule has 1 heterocycles. The van der Waals surface area contributed by atoms with Crippen molar-refractivity contribution >= 4 is 17.3 Å². The van der Waals surface area contributed by atoms with Gasteiger partial charge in [0, 0.05) is 17.8 Å². The van der Waals surface area contributed by atoms with Crippen molar-refractivity contribution in [2.75, 3.05) is 0 Å². The van der Waals surface area contributed by atoms with E-state index >= 15 is 0 Å². The zero-order valence-electron chi connectivity index (χ0n) is 14.3. The summed E-state index contributed by atoms with van der Waals surface area (Å²) in [5, 5.41) is 25.2. The topological polar surface area (TPSA) is 96.0 Å². The van der Waals surface area contributed by atoms with Crippen molar-refractivity contribution in [2.24, 2.45) is 11.0 Å². The number of halogens is 3. The highest BCUT2D eigenvalue weighted by Crippen LogP contribution is 2.47. The lowest BCUT2D eigenvalue weighted by Gasteiger charge is -2.37. The first-order valence-corrected chi connectivity index (χ1v) is 8.57. The van der Waals surface area contributed by atoms with Crippen molar-refractivity contribution < 1.29 is 28.0 Å². The van der Waals surface area contributed by atoms with E-state index in [1.165, 1.54) is 24.3 Å². The summed E-state index contributed by atoms with van der Waals surface area (Å²) in [5.41, 5.74) is -3.06. The Morgan fingerprint density at radius 2 is 1.96 bits per heavy atom. The number of nitro groups is 1. The van der Waals surface area contributed by atoms with Crippen molar-refractivity contribution in [2.45, 2.75) is 50.4 Å². The van der Waals surface area contributed by atoms with Gasteiger partial charge in [-0.05, 0) is 24.8 Å². The zero-order chi connectivity index (χ0) is 19.8. The molecule has 3 rings (SSSR count). The highest BCUT2D eigenvalue weighted by atomic mass is 19.4. The van der Waals surface area contributed by atoms with Gasteiger partial charge in [-0.15, -0.1) is 0 Å². The van der Waals surface area contributed by atoms with Crippen LogP contribution < -0.4 is 0 Å². The Hall–Kier alpha value is -2.49. The Morgan fingerprint density at radius 3 is 2.56 bits per heavy atom. The number of hydrogen-bond acceptors (Lipinski definition) is 5. The van der Waals surface area contributed by atoms with Crippen LogP contribution >= 0.6 is 0 Å². The molecule has 1 aliphatic heterocycles. The molecule has 2 aliphatic rings. The Morgan fingerprint density at radius 1 is 1.30 bits per heavy atom. The molecule has 1 N–H and O–H groups in total. The minimum absolute atomic E-state index is 0.107. The lowest BCUT2D eigenvalue weighted by atomic mass is 9.87. The van der Waals surface area contributed by atoms with Gasteiger partial charge < -0.3 is 5.11 Å². The van der Waals surface area contributed by atoms with Crippen LogP contribution in [0.3, 0.4) is 0 Å². The highest BCUT2D eigenvalue weighted by Gasteiger charge is 2.68. The van der Waals surface area contributed by atoms with Gasteiger partial charge in [-0.25, -0.2) is 0 Å². The number of benzene rings is 1. The standard InChI is InChI=1S/C17H18F3N3O4/c18-17(19,20)16(25)13-4-2-1-3-5-14(13)21-22(16)15(24)10-11-6-8-12(9-7-11)23(26)27/h6-9,13,25H,1-5,10H2/t13-,16+/m1/s1. The summed E-state index contributed by atoms with van der Waals surface area (Å²) >= 11 is 0. The molecule has 0 bridgehead atoms. The van der Waals surface area contributed by atoms with E-state index in [0.29, 0.717) is 24.8 Å². The quantitative estimate of drug-likeness (QED) is 0.639. The van der Waals surface area contributed by atoms with E-state index in [1.807, 2.05) is 0 Å². The number of aliphatic hydroxyl groups is 1. The third kappa shape index (κ3) is 3.41. The normalized spacial score (nSPS) is 25.6. The maximum atomic E-state index is 13.7. The van der Waals surface area contributed by atoms with E-state index in [-0.39, 0.29) is 22.8 Å². The number of non-ortho nitro benzene ring substituents is 1. The summed E-state index contributed by atoms with van der Waals surface area (Å²) in [6.45, 7) is 0. The molecule has 1 amide bonds. The second-order valence-corrected chi connectivity index (χ2v) is 6.77. The molecule has 1 aromatic carbocycles. The van der Waals surface area contributed by atoms with Crippen LogP contribution in [-0.4, -0.2) is 38.6 Å². The zero-order valence-corrected chi connectivity index (χ0v) is 14.3. The summed E-state index contributed by atoms with van der Waals surface area (Å²) in [6.07, 6.45) is -3.17. The SMILES string of the molecule is O=C(Cc1ccc([N+](=O)[O-])cc1)N1N=C2CCCCC[C@H]2[C@]1(O)C(F)(F)F. The summed E-state index contributed by atoms with van der Waals surface area (Å²) in [5.74, 6) is -2.27. The predicted molar refractivity (Wildman–Crippen MR) is 88.7 cm³/mol. The molecule has 27 heavy (non-hydrogen) atoms. The van der Waals surface area contributed by atoms with Crippen LogP contribution in [0, 0.1) is 16.0 Å². The average molecular weight is 385 g/mol. The lowest BCUT2D eigenvalue weighted by Crippen LogP contribution is -2.61. The molecule has 7 nitrogen and oxygen atoms in total. The fourth-order valence-corrected chi connectivity index (χ4v) is 3.63. The molecule has 0 radical (unpaired) electrons. The molecule has 146 valence electrons. The van der Waals surface area contributed by atoms with Crippen LogP contribution in [0.4, 0.5) is 18.9 Å². The molecule has 1 aromatic rings. The minimum atomic E-state index is -5.06. The maximum absolute atomic E-state index is 13.7. The number of nitrogens with zero attached hydrogens (tertiary/aromatic N) is 3. The van der Waals surface area contributed by atoms with Gasteiger partial charge in [0.2, 0.25) is 5.91 Å². The fraction of sp³-hybridized carbons (Fsp3) is 0.529. The molecule has 10 heteroatoms. The van der Waals surface area contributed by atoms with Crippen molar-refractivity contribution in [1.29, 1.82) is 0 Å². The first-order valence-electron chi connectivity index (χ1n) is 8.57. The van der Waals surface area contributed by atoms with E-state index < -0.39 is 35.1 Å². The van der Waals surface area contributed by atoms with Gasteiger partial charge in [-0.2, -0.15) is 23.3 Å². The number of carbonyl (C=O) groups excluding carboxylic acids is 1. The number of alkyl halides is 3. The van der Waals surface area contributed by atoms with E-state index in [4.69, 9.17) is 0 Å². The Bertz CT molecular complexity index is 779. The summed E-state index contributed by atoms with van der Waals surface area (Å²) < 4.78 is 41.2. The van der Waals surface area contributed by atoms with Gasteiger partial charge >= 0.3 is 6.18 Å². The van der Waals surface area contributed by atoms with E-state index in [1.54, 1.807) is 0 Å². The Balaban J connectivity index is 1.88. The van der Waals surface area contributed by atoms with E-state index in [0.717, 1.165) is 6.42 Å². The van der Waals surface area contributed by atoms with Crippen LogP contribution in [0.2, 0.25) is 0 Å². The van der Waals surface area contributed by atoms with Crippen LogP contribution in [-0.2, 0) is 11.2 Å². The van der Waals surface area contributed by atoms with Crippen molar-refractivity contribution in [3.05, 3.63) is 39.9 Å². The first-order chi connectivity index (χ1) is 12.6.